The summed E-state index contributed by atoms with van der Waals surface area (Å²) in [7, 11) is 0. The monoisotopic (exact) mass is 259 g/mol. The number of nitrogen functional groups attached to an aromatic ring is 1. The van der Waals surface area contributed by atoms with Crippen molar-refractivity contribution in [3.8, 4) is 0 Å². The minimum atomic E-state index is -0.202. The predicted molar refractivity (Wildman–Crippen MR) is 73.6 cm³/mol. The number of nitrogens with two attached hydrogens (primary N) is 1. The van der Waals surface area contributed by atoms with E-state index in [-0.39, 0.29) is 11.9 Å². The molecule has 0 spiro atoms. The maximum atomic E-state index is 12.2. The number of aryl methyl sites for hydroxylation is 1. The highest BCUT2D eigenvalue weighted by molar-refractivity contribution is 5.99. The average Bonchev–Trinajstić information content (AvgIpc) is 2.85. The maximum Gasteiger partial charge on any atom is 0.254 e. The zero-order valence-corrected chi connectivity index (χ0v) is 10.9. The Kier molecular flexibility index (Phi) is 3.87. The molecule has 4 N–H and O–H groups in total. The molecule has 1 atom stereocenters. The van der Waals surface area contributed by atoms with Crippen LogP contribution in [0.5, 0.6) is 0 Å². The van der Waals surface area contributed by atoms with E-state index in [2.05, 4.69) is 10.7 Å². The molecule has 100 valence electrons. The van der Waals surface area contributed by atoms with Crippen molar-refractivity contribution >= 4 is 11.6 Å². The molecule has 0 aliphatic carbocycles. The highest BCUT2D eigenvalue weighted by Crippen LogP contribution is 2.18. The first-order valence-corrected chi connectivity index (χ1v) is 6.04. The highest BCUT2D eigenvalue weighted by atomic mass is 16.3. The van der Waals surface area contributed by atoms with E-state index >= 15 is 0 Å². The van der Waals surface area contributed by atoms with Gasteiger partial charge in [0.2, 0.25) is 0 Å². The Balaban J connectivity index is 2.12. The van der Waals surface area contributed by atoms with Crippen LogP contribution in [-0.2, 0) is 0 Å². The Morgan fingerprint density at radius 1 is 1.26 bits per heavy atom. The van der Waals surface area contributed by atoms with Crippen molar-refractivity contribution in [1.82, 2.24) is 5.32 Å². The second-order valence-electron chi connectivity index (χ2n) is 4.33. The van der Waals surface area contributed by atoms with Crippen molar-refractivity contribution in [2.75, 3.05) is 5.43 Å². The van der Waals surface area contributed by atoms with Crippen LogP contribution in [0.2, 0.25) is 0 Å². The third-order valence-corrected chi connectivity index (χ3v) is 2.86. The van der Waals surface area contributed by atoms with Crippen molar-refractivity contribution < 1.29 is 9.21 Å². The molecule has 1 aromatic carbocycles. The number of carbonyl (C=O) groups is 1. The molecule has 0 radical (unpaired) electrons. The van der Waals surface area contributed by atoms with Crippen molar-refractivity contribution in [2.45, 2.75) is 19.9 Å². The number of nitrogens with one attached hydrogen (secondary N) is 2. The second kappa shape index (κ2) is 5.58. The molecular formula is C14H17N3O2. The lowest BCUT2D eigenvalue weighted by Gasteiger charge is -2.13. The van der Waals surface area contributed by atoms with Crippen LogP contribution in [0.3, 0.4) is 0 Å². The maximum absolute atomic E-state index is 12.2. The van der Waals surface area contributed by atoms with Gasteiger partial charge in [0, 0.05) is 0 Å². The molecule has 2 rings (SSSR count). The molecule has 0 saturated carbocycles. The lowest BCUT2D eigenvalue weighted by atomic mass is 10.1. The van der Waals surface area contributed by atoms with Gasteiger partial charge in [0.25, 0.3) is 5.91 Å². The van der Waals surface area contributed by atoms with Crippen LogP contribution in [0, 0.1) is 6.92 Å². The van der Waals surface area contributed by atoms with E-state index in [4.69, 9.17) is 10.3 Å². The Morgan fingerprint density at radius 3 is 2.63 bits per heavy atom. The van der Waals surface area contributed by atoms with Gasteiger partial charge in [-0.1, -0.05) is 12.1 Å². The van der Waals surface area contributed by atoms with E-state index < -0.39 is 0 Å². The van der Waals surface area contributed by atoms with Crippen molar-refractivity contribution in [3.63, 3.8) is 0 Å². The molecule has 5 heteroatoms. The van der Waals surface area contributed by atoms with Crippen LogP contribution in [0.25, 0.3) is 0 Å². The zero-order chi connectivity index (χ0) is 13.8. The second-order valence-corrected chi connectivity index (χ2v) is 4.33. The Labute approximate surface area is 111 Å². The Hall–Kier alpha value is -2.27. The summed E-state index contributed by atoms with van der Waals surface area (Å²) in [6.07, 6.45) is 0. The number of hydrogen-bond donors (Lipinski definition) is 3. The number of hydrogen-bond acceptors (Lipinski definition) is 4. The SMILES string of the molecule is Cc1ccc(C(C)NC(=O)c2ccccc2NN)o1. The molecule has 1 aromatic heterocycles. The fourth-order valence-corrected chi connectivity index (χ4v) is 1.84. The minimum Gasteiger partial charge on any atom is -0.464 e. The predicted octanol–water partition coefficient (Wildman–Crippen LogP) is 2.36. The molecule has 1 heterocycles. The Morgan fingerprint density at radius 2 is 2.00 bits per heavy atom. The molecule has 0 aliphatic rings. The third-order valence-electron chi connectivity index (χ3n) is 2.86. The highest BCUT2D eigenvalue weighted by Gasteiger charge is 2.16. The standard InChI is InChI=1S/C14H17N3O2/c1-9-7-8-13(19-9)10(2)16-14(18)11-5-3-4-6-12(11)17-15/h3-8,10,17H,15H2,1-2H3,(H,16,18). The summed E-state index contributed by atoms with van der Waals surface area (Å²) in [4.78, 5) is 12.2. The summed E-state index contributed by atoms with van der Waals surface area (Å²) in [5.74, 6) is 6.73. The fourth-order valence-electron chi connectivity index (χ4n) is 1.84. The number of furan rings is 1. The van der Waals surface area contributed by atoms with Crippen molar-refractivity contribution in [3.05, 3.63) is 53.5 Å². The molecule has 0 aliphatic heterocycles. The summed E-state index contributed by atoms with van der Waals surface area (Å²) >= 11 is 0. The van der Waals surface area contributed by atoms with E-state index in [1.54, 1.807) is 18.2 Å². The van der Waals surface area contributed by atoms with Gasteiger partial charge in [-0.05, 0) is 38.1 Å². The topological polar surface area (TPSA) is 80.3 Å². The molecule has 19 heavy (non-hydrogen) atoms. The molecule has 2 aromatic rings. The van der Waals surface area contributed by atoms with Gasteiger partial charge >= 0.3 is 0 Å². The van der Waals surface area contributed by atoms with E-state index in [1.165, 1.54) is 0 Å². The van der Waals surface area contributed by atoms with E-state index in [9.17, 15) is 4.79 Å². The quantitative estimate of drug-likeness (QED) is 0.581. The molecular weight excluding hydrogens is 242 g/mol. The fraction of sp³-hybridized carbons (Fsp3) is 0.214. The number of anilines is 1. The molecule has 1 unspecified atom stereocenters. The van der Waals surface area contributed by atoms with Gasteiger partial charge in [0.15, 0.2) is 0 Å². The number of carbonyl (C=O) groups excluding carboxylic acids is 1. The number of benzene rings is 1. The van der Waals surface area contributed by atoms with Crippen LogP contribution in [0.1, 0.15) is 34.8 Å². The van der Waals surface area contributed by atoms with Gasteiger partial charge in [-0.15, -0.1) is 0 Å². The van der Waals surface area contributed by atoms with Gasteiger partial charge in [0.1, 0.15) is 11.5 Å². The van der Waals surface area contributed by atoms with Crippen LogP contribution in [-0.4, -0.2) is 5.91 Å². The van der Waals surface area contributed by atoms with Crippen molar-refractivity contribution in [2.24, 2.45) is 5.84 Å². The van der Waals surface area contributed by atoms with Crippen LogP contribution < -0.4 is 16.6 Å². The van der Waals surface area contributed by atoms with Crippen LogP contribution >= 0.6 is 0 Å². The van der Waals surface area contributed by atoms with Crippen LogP contribution in [0.4, 0.5) is 5.69 Å². The largest absolute Gasteiger partial charge is 0.464 e. The minimum absolute atomic E-state index is 0.199. The average molecular weight is 259 g/mol. The van der Waals surface area contributed by atoms with Gasteiger partial charge < -0.3 is 15.2 Å². The van der Waals surface area contributed by atoms with Crippen LogP contribution in [0.15, 0.2) is 40.8 Å². The first kappa shape index (κ1) is 13.2. The van der Waals surface area contributed by atoms with Gasteiger partial charge in [0.05, 0.1) is 17.3 Å². The lowest BCUT2D eigenvalue weighted by Crippen LogP contribution is -2.27. The molecule has 0 fully saturated rings. The molecule has 0 bridgehead atoms. The van der Waals surface area contributed by atoms with Gasteiger partial charge in [-0.2, -0.15) is 0 Å². The Bertz CT molecular complexity index is 578. The number of amides is 1. The molecule has 5 nitrogen and oxygen atoms in total. The number of hydrazine groups is 1. The zero-order valence-electron chi connectivity index (χ0n) is 10.9. The summed E-state index contributed by atoms with van der Waals surface area (Å²) in [5.41, 5.74) is 3.60. The lowest BCUT2D eigenvalue weighted by molar-refractivity contribution is 0.0936. The van der Waals surface area contributed by atoms with Gasteiger partial charge in [-0.3, -0.25) is 10.6 Å². The summed E-state index contributed by atoms with van der Waals surface area (Å²) < 4.78 is 5.48. The molecule has 1 amide bonds. The number of rotatable bonds is 4. The van der Waals surface area contributed by atoms with Crippen molar-refractivity contribution in [1.29, 1.82) is 0 Å². The first-order valence-electron chi connectivity index (χ1n) is 6.04. The molecule has 0 saturated heterocycles. The summed E-state index contributed by atoms with van der Waals surface area (Å²) in [5, 5.41) is 2.87. The number of para-hydroxylation sites is 1. The van der Waals surface area contributed by atoms with E-state index in [0.29, 0.717) is 11.3 Å². The normalized spacial score (nSPS) is 11.9. The third kappa shape index (κ3) is 2.95. The summed E-state index contributed by atoms with van der Waals surface area (Å²) in [6, 6.07) is 10.6. The van der Waals surface area contributed by atoms with Gasteiger partial charge in [-0.25, -0.2) is 0 Å². The smallest absolute Gasteiger partial charge is 0.254 e. The summed E-state index contributed by atoms with van der Waals surface area (Å²) in [6.45, 7) is 3.74. The van der Waals surface area contributed by atoms with E-state index in [0.717, 1.165) is 11.5 Å². The first-order chi connectivity index (χ1) is 9.11. The van der Waals surface area contributed by atoms with E-state index in [1.807, 2.05) is 32.0 Å².